The molecule has 1 aromatic heterocycles. The fourth-order valence-electron chi connectivity index (χ4n) is 4.68. The monoisotopic (exact) mass is 415 g/mol. The van der Waals surface area contributed by atoms with Gasteiger partial charge in [0.2, 0.25) is 0 Å². The molecule has 0 saturated heterocycles. The summed E-state index contributed by atoms with van der Waals surface area (Å²) < 4.78 is 1.75. The summed E-state index contributed by atoms with van der Waals surface area (Å²) in [5, 5.41) is 0. The molecular weight excluding hydrogens is 394 g/mol. The zero-order chi connectivity index (χ0) is 21.8. The second kappa shape index (κ2) is 6.92. The lowest BCUT2D eigenvalue weighted by molar-refractivity contribution is 0.0973. The molecule has 1 aliphatic heterocycles. The van der Waals surface area contributed by atoms with Crippen LogP contribution in [0.2, 0.25) is 0 Å². The molecule has 6 rings (SSSR count). The summed E-state index contributed by atoms with van der Waals surface area (Å²) in [6, 6.07) is 30.4. The maximum atomic E-state index is 13.4. The molecule has 4 aromatic carbocycles. The molecule has 0 radical (unpaired) electrons. The molecule has 32 heavy (non-hydrogen) atoms. The van der Waals surface area contributed by atoms with Crippen LogP contribution in [0.5, 0.6) is 0 Å². The van der Waals surface area contributed by atoms with Crippen molar-refractivity contribution < 1.29 is 4.79 Å². The molecule has 0 atom stereocenters. The lowest BCUT2D eigenvalue weighted by Crippen LogP contribution is -2.14. The fraction of sp³-hybridized carbons (Fsp3) is 0.0714. The molecule has 0 amide bonds. The van der Waals surface area contributed by atoms with Gasteiger partial charge in [-0.1, -0.05) is 54.6 Å². The molecule has 0 saturated carbocycles. The number of fused-ring (bicyclic) bond motifs is 5. The van der Waals surface area contributed by atoms with Crippen molar-refractivity contribution in [1.82, 2.24) is 9.55 Å². The SMILES string of the molecule is Cc1ccccc1N(c1ccccc1C)c1cccc2c1-c1nc3ccccc3n1C2=O. The number of benzene rings is 4. The van der Waals surface area contributed by atoms with Crippen LogP contribution >= 0.6 is 0 Å². The van der Waals surface area contributed by atoms with Crippen LogP contribution in [0.4, 0.5) is 17.1 Å². The minimum Gasteiger partial charge on any atom is -0.309 e. The van der Waals surface area contributed by atoms with E-state index in [1.54, 1.807) is 4.57 Å². The van der Waals surface area contributed by atoms with Gasteiger partial charge in [0, 0.05) is 11.4 Å². The second-order valence-electron chi connectivity index (χ2n) is 8.17. The van der Waals surface area contributed by atoms with Crippen molar-refractivity contribution in [3.63, 3.8) is 0 Å². The first-order valence-corrected chi connectivity index (χ1v) is 10.7. The molecule has 0 bridgehead atoms. The molecule has 0 N–H and O–H groups in total. The number of hydrogen-bond acceptors (Lipinski definition) is 3. The first-order valence-electron chi connectivity index (χ1n) is 10.7. The highest BCUT2D eigenvalue weighted by molar-refractivity contribution is 6.15. The van der Waals surface area contributed by atoms with Gasteiger partial charge < -0.3 is 4.90 Å². The van der Waals surface area contributed by atoms with Crippen LogP contribution in [0.1, 0.15) is 21.5 Å². The molecule has 4 nitrogen and oxygen atoms in total. The summed E-state index contributed by atoms with van der Waals surface area (Å²) in [6.45, 7) is 4.23. The van der Waals surface area contributed by atoms with Crippen LogP contribution in [0.25, 0.3) is 22.4 Å². The molecule has 0 fully saturated rings. The van der Waals surface area contributed by atoms with Crippen molar-refractivity contribution in [2.75, 3.05) is 4.90 Å². The average molecular weight is 415 g/mol. The van der Waals surface area contributed by atoms with Gasteiger partial charge in [-0.25, -0.2) is 4.98 Å². The molecule has 0 aliphatic carbocycles. The number of rotatable bonds is 3. The van der Waals surface area contributed by atoms with E-state index in [4.69, 9.17) is 4.98 Å². The Kier molecular flexibility index (Phi) is 4.02. The van der Waals surface area contributed by atoms with Crippen LogP contribution < -0.4 is 4.90 Å². The van der Waals surface area contributed by atoms with Gasteiger partial charge in [-0.05, 0) is 61.4 Å². The smallest absolute Gasteiger partial charge is 0.264 e. The standard InChI is InChI=1S/C28H21N3O/c1-18-10-3-6-14-22(18)30(23-15-7-4-11-19(23)2)25-17-9-12-20-26(25)27-29-21-13-5-8-16-24(21)31(27)28(20)32/h3-17H,1-2H3. The summed E-state index contributed by atoms with van der Waals surface area (Å²) in [7, 11) is 0. The second-order valence-corrected chi connectivity index (χ2v) is 8.17. The first kappa shape index (κ1) is 18.6. The normalized spacial score (nSPS) is 12.1. The first-order chi connectivity index (χ1) is 15.6. The number of para-hydroxylation sites is 4. The van der Waals surface area contributed by atoms with Crippen LogP contribution in [0.15, 0.2) is 91.0 Å². The lowest BCUT2D eigenvalue weighted by atomic mass is 10.0. The molecule has 2 heterocycles. The maximum absolute atomic E-state index is 13.4. The van der Waals surface area contributed by atoms with Crippen LogP contribution in [0, 0.1) is 13.8 Å². The minimum absolute atomic E-state index is 0.0277. The predicted molar refractivity (Wildman–Crippen MR) is 129 cm³/mol. The third-order valence-corrected chi connectivity index (χ3v) is 6.21. The van der Waals surface area contributed by atoms with Crippen LogP contribution in [-0.2, 0) is 0 Å². The van der Waals surface area contributed by atoms with E-state index in [2.05, 4.69) is 61.2 Å². The number of nitrogens with zero attached hydrogens (tertiary/aromatic N) is 3. The van der Waals surface area contributed by atoms with Crippen molar-refractivity contribution in [3.8, 4) is 11.4 Å². The van der Waals surface area contributed by atoms with Gasteiger partial charge in [-0.3, -0.25) is 9.36 Å². The summed E-state index contributed by atoms with van der Waals surface area (Å²) in [5.74, 6) is 0.675. The Bertz CT molecular complexity index is 1480. The third-order valence-electron chi connectivity index (χ3n) is 6.21. The van der Waals surface area contributed by atoms with Gasteiger partial charge >= 0.3 is 0 Å². The topological polar surface area (TPSA) is 38.1 Å². The number of imidazole rings is 1. The molecule has 154 valence electrons. The molecule has 4 heteroatoms. The summed E-state index contributed by atoms with van der Waals surface area (Å²) in [4.78, 5) is 20.6. The van der Waals surface area contributed by atoms with E-state index >= 15 is 0 Å². The van der Waals surface area contributed by atoms with Crippen molar-refractivity contribution in [1.29, 1.82) is 0 Å². The van der Waals surface area contributed by atoms with Gasteiger partial charge in [-0.15, -0.1) is 0 Å². The lowest BCUT2D eigenvalue weighted by Gasteiger charge is -2.29. The predicted octanol–water partition coefficient (Wildman–Crippen LogP) is 6.79. The zero-order valence-corrected chi connectivity index (χ0v) is 17.9. The van der Waals surface area contributed by atoms with E-state index in [0.717, 1.165) is 44.8 Å². The highest BCUT2D eigenvalue weighted by Crippen LogP contribution is 2.47. The van der Waals surface area contributed by atoms with Crippen LogP contribution in [0.3, 0.4) is 0 Å². The Morgan fingerprint density at radius 2 is 1.28 bits per heavy atom. The van der Waals surface area contributed by atoms with Crippen molar-refractivity contribution in [2.45, 2.75) is 13.8 Å². The average Bonchev–Trinajstić information content (AvgIpc) is 3.32. The number of aromatic nitrogens is 2. The van der Waals surface area contributed by atoms with E-state index in [9.17, 15) is 4.79 Å². The Hall–Kier alpha value is -4.18. The number of aryl methyl sites for hydroxylation is 2. The maximum Gasteiger partial charge on any atom is 0.264 e. The van der Waals surface area contributed by atoms with Gasteiger partial charge in [0.25, 0.3) is 5.91 Å². The van der Waals surface area contributed by atoms with Gasteiger partial charge in [0.15, 0.2) is 5.82 Å². The molecular formula is C28H21N3O. The summed E-state index contributed by atoms with van der Waals surface area (Å²) >= 11 is 0. The van der Waals surface area contributed by atoms with E-state index in [-0.39, 0.29) is 5.91 Å². The Morgan fingerprint density at radius 3 is 1.97 bits per heavy atom. The summed E-state index contributed by atoms with van der Waals surface area (Å²) in [5.41, 5.74) is 8.66. The van der Waals surface area contributed by atoms with Gasteiger partial charge in [0.1, 0.15) is 0 Å². The molecule has 0 spiro atoms. The number of hydrogen-bond donors (Lipinski definition) is 0. The van der Waals surface area contributed by atoms with Crippen molar-refractivity contribution >= 4 is 34.0 Å². The van der Waals surface area contributed by atoms with E-state index in [1.165, 1.54) is 0 Å². The van der Waals surface area contributed by atoms with Crippen molar-refractivity contribution in [2.24, 2.45) is 0 Å². The highest BCUT2D eigenvalue weighted by Gasteiger charge is 2.34. The minimum atomic E-state index is -0.0277. The van der Waals surface area contributed by atoms with Gasteiger partial charge in [-0.2, -0.15) is 0 Å². The molecule has 1 aliphatic rings. The van der Waals surface area contributed by atoms with E-state index in [0.29, 0.717) is 11.4 Å². The Labute approximate surface area is 186 Å². The fourth-order valence-corrected chi connectivity index (χ4v) is 4.68. The van der Waals surface area contributed by atoms with E-state index in [1.807, 2.05) is 48.5 Å². The third kappa shape index (κ3) is 2.56. The van der Waals surface area contributed by atoms with Crippen LogP contribution in [-0.4, -0.2) is 15.5 Å². The zero-order valence-electron chi connectivity index (χ0n) is 17.9. The van der Waals surface area contributed by atoms with Gasteiger partial charge in [0.05, 0.1) is 27.8 Å². The Morgan fingerprint density at radius 1 is 0.688 bits per heavy atom. The largest absolute Gasteiger partial charge is 0.309 e. The molecule has 0 unspecified atom stereocenters. The number of anilines is 3. The van der Waals surface area contributed by atoms with Crippen molar-refractivity contribution in [3.05, 3.63) is 108 Å². The summed E-state index contributed by atoms with van der Waals surface area (Å²) in [6.07, 6.45) is 0. The van der Waals surface area contributed by atoms with E-state index < -0.39 is 0 Å². The molecule has 5 aromatic rings. The highest BCUT2D eigenvalue weighted by atomic mass is 16.2. The quantitative estimate of drug-likeness (QED) is 0.319. The number of carbonyl (C=O) groups excluding carboxylic acids is 1. The number of carbonyl (C=O) groups is 1. The Balaban J connectivity index is 1.69.